The largest absolute Gasteiger partial charge is 0.390 e. The van der Waals surface area contributed by atoms with Crippen LogP contribution in [0.1, 0.15) is 53.0 Å². The molecule has 7 nitrogen and oxygen atoms in total. The van der Waals surface area contributed by atoms with Crippen LogP contribution in [0.4, 0.5) is 5.69 Å². The van der Waals surface area contributed by atoms with Crippen molar-refractivity contribution >= 4 is 22.4 Å². The highest BCUT2D eigenvalue weighted by Crippen LogP contribution is 2.46. The van der Waals surface area contributed by atoms with E-state index in [9.17, 15) is 9.90 Å². The number of nitrogens with zero attached hydrogens (tertiary/aromatic N) is 3. The molecule has 2 saturated carbocycles. The molecular formula is C28H33N5O2. The van der Waals surface area contributed by atoms with Crippen LogP contribution < -0.4 is 15.5 Å². The highest BCUT2D eigenvalue weighted by molar-refractivity contribution is 5.94. The van der Waals surface area contributed by atoms with Gasteiger partial charge >= 0.3 is 0 Å². The zero-order valence-electron chi connectivity index (χ0n) is 20.0. The molecule has 0 radical (unpaired) electrons. The number of rotatable bonds is 9. The zero-order valence-corrected chi connectivity index (χ0v) is 20.0. The molecule has 3 aliphatic rings. The fourth-order valence-electron chi connectivity index (χ4n) is 5.49. The van der Waals surface area contributed by atoms with Gasteiger partial charge in [0, 0.05) is 31.2 Å². The summed E-state index contributed by atoms with van der Waals surface area (Å²) in [6, 6.07) is 10.2. The number of carbonyl (C=O) groups is 1. The molecule has 2 aliphatic carbocycles. The number of amides is 1. The van der Waals surface area contributed by atoms with Crippen LogP contribution in [0.15, 0.2) is 42.7 Å². The Morgan fingerprint density at radius 2 is 1.94 bits per heavy atom. The molecule has 1 aliphatic heterocycles. The van der Waals surface area contributed by atoms with E-state index >= 15 is 0 Å². The van der Waals surface area contributed by atoms with Crippen molar-refractivity contribution in [2.24, 2.45) is 17.8 Å². The third-order valence-corrected chi connectivity index (χ3v) is 7.92. The fraction of sp³-hybridized carbons (Fsp3) is 0.464. The predicted octanol–water partition coefficient (Wildman–Crippen LogP) is 3.40. The van der Waals surface area contributed by atoms with Crippen molar-refractivity contribution in [3.8, 4) is 0 Å². The summed E-state index contributed by atoms with van der Waals surface area (Å²) in [5, 5.41) is 18.4. The lowest BCUT2D eigenvalue weighted by Crippen LogP contribution is -2.26. The molecule has 7 heteroatoms. The number of anilines is 1. The third kappa shape index (κ3) is 4.88. The Morgan fingerprint density at radius 3 is 2.71 bits per heavy atom. The van der Waals surface area contributed by atoms with Gasteiger partial charge in [0.2, 0.25) is 0 Å². The van der Waals surface area contributed by atoms with Gasteiger partial charge in [0.15, 0.2) is 0 Å². The van der Waals surface area contributed by atoms with Gasteiger partial charge in [-0.2, -0.15) is 0 Å². The maximum Gasteiger partial charge on any atom is 0.253 e. The molecule has 3 heterocycles. The van der Waals surface area contributed by atoms with Crippen molar-refractivity contribution in [1.82, 2.24) is 20.6 Å². The monoisotopic (exact) mass is 471 g/mol. The average Bonchev–Trinajstić information content (AvgIpc) is 3.47. The van der Waals surface area contributed by atoms with Gasteiger partial charge in [-0.05, 0) is 72.7 Å². The summed E-state index contributed by atoms with van der Waals surface area (Å²) in [6.45, 7) is 4.20. The summed E-state index contributed by atoms with van der Waals surface area (Å²) in [4.78, 5) is 24.1. The van der Waals surface area contributed by atoms with Crippen LogP contribution in [0, 0.1) is 17.8 Å². The number of piperidine rings is 1. The minimum atomic E-state index is -0.162. The molecule has 0 spiro atoms. The Labute approximate surface area is 206 Å². The van der Waals surface area contributed by atoms with Crippen LogP contribution in [0.2, 0.25) is 0 Å². The standard InChI is InChI=1S/C28H33N5O2/c34-17-27-26-5-4-19(11-29-10-18-2-1-3-18)6-20(26)8-24(32-27)13-31-28(35)21-9-25(14-30-12-21)33-15-22-7-23(22)16-33/h4-6,8-9,12,14,18,22-23,29,34H,1-3,7,10-11,13,15-17H2,(H,31,35). The summed E-state index contributed by atoms with van der Waals surface area (Å²) < 4.78 is 0. The van der Waals surface area contributed by atoms with E-state index in [2.05, 4.69) is 37.6 Å². The van der Waals surface area contributed by atoms with Crippen LogP contribution in [-0.2, 0) is 19.7 Å². The molecular weight excluding hydrogens is 438 g/mol. The molecule has 1 aromatic carbocycles. The van der Waals surface area contributed by atoms with E-state index in [0.29, 0.717) is 17.8 Å². The second-order valence-electron chi connectivity index (χ2n) is 10.5. The minimum absolute atomic E-state index is 0.138. The van der Waals surface area contributed by atoms with E-state index in [1.165, 1.54) is 31.2 Å². The Balaban J connectivity index is 1.13. The van der Waals surface area contributed by atoms with Crippen LogP contribution in [0.5, 0.6) is 0 Å². The van der Waals surface area contributed by atoms with Crippen LogP contribution in [-0.4, -0.2) is 40.6 Å². The number of aromatic nitrogens is 2. The number of hydrogen-bond acceptors (Lipinski definition) is 6. The summed E-state index contributed by atoms with van der Waals surface area (Å²) >= 11 is 0. The molecule has 2 aromatic heterocycles. The van der Waals surface area contributed by atoms with Gasteiger partial charge in [0.1, 0.15) is 0 Å². The Kier molecular flexibility index (Phi) is 6.12. The topological polar surface area (TPSA) is 90.4 Å². The lowest BCUT2D eigenvalue weighted by Gasteiger charge is -2.25. The van der Waals surface area contributed by atoms with Crippen molar-refractivity contribution in [3.05, 3.63) is 65.2 Å². The lowest BCUT2D eigenvalue weighted by molar-refractivity contribution is 0.0950. The summed E-state index contributed by atoms with van der Waals surface area (Å²) in [5.74, 6) is 2.32. The van der Waals surface area contributed by atoms with Crippen molar-refractivity contribution in [3.63, 3.8) is 0 Å². The normalized spacial score (nSPS) is 21.1. The van der Waals surface area contributed by atoms with E-state index in [1.54, 1.807) is 6.20 Å². The van der Waals surface area contributed by atoms with Gasteiger partial charge in [-0.1, -0.05) is 18.6 Å². The van der Waals surface area contributed by atoms with Crippen LogP contribution in [0.25, 0.3) is 10.8 Å². The van der Waals surface area contributed by atoms with Gasteiger partial charge in [-0.15, -0.1) is 0 Å². The van der Waals surface area contributed by atoms with Gasteiger partial charge in [0.05, 0.1) is 42.0 Å². The summed E-state index contributed by atoms with van der Waals surface area (Å²) in [5.41, 5.74) is 4.17. The van der Waals surface area contributed by atoms with E-state index in [0.717, 1.165) is 66.1 Å². The average molecular weight is 472 g/mol. The first-order chi connectivity index (χ1) is 17.2. The van der Waals surface area contributed by atoms with E-state index in [-0.39, 0.29) is 12.5 Å². The van der Waals surface area contributed by atoms with Crippen molar-refractivity contribution in [2.45, 2.75) is 45.4 Å². The number of aliphatic hydroxyl groups excluding tert-OH is 1. The molecule has 182 valence electrons. The molecule has 0 bridgehead atoms. The smallest absolute Gasteiger partial charge is 0.253 e. The second kappa shape index (κ2) is 9.55. The number of pyridine rings is 2. The quantitative estimate of drug-likeness (QED) is 0.443. The number of benzene rings is 1. The lowest BCUT2D eigenvalue weighted by atomic mass is 9.85. The number of hydrogen-bond donors (Lipinski definition) is 3. The Bertz CT molecular complexity index is 1230. The first-order valence-electron chi connectivity index (χ1n) is 12.9. The molecule has 1 amide bonds. The molecule has 2 unspecified atom stereocenters. The Morgan fingerprint density at radius 1 is 1.09 bits per heavy atom. The first kappa shape index (κ1) is 22.4. The third-order valence-electron chi connectivity index (χ3n) is 7.92. The van der Waals surface area contributed by atoms with E-state index in [1.807, 2.05) is 24.4 Å². The maximum absolute atomic E-state index is 12.9. The molecule has 6 rings (SSSR count). The van der Waals surface area contributed by atoms with Gasteiger partial charge < -0.3 is 20.6 Å². The van der Waals surface area contributed by atoms with Gasteiger partial charge in [0.25, 0.3) is 5.91 Å². The Hall–Kier alpha value is -3.03. The van der Waals surface area contributed by atoms with Crippen LogP contribution in [0.3, 0.4) is 0 Å². The number of carbonyl (C=O) groups excluding carboxylic acids is 1. The summed E-state index contributed by atoms with van der Waals surface area (Å²) in [7, 11) is 0. The molecule has 3 N–H and O–H groups in total. The van der Waals surface area contributed by atoms with Crippen molar-refractivity contribution in [2.75, 3.05) is 24.5 Å². The molecule has 2 atom stereocenters. The molecule has 1 saturated heterocycles. The molecule has 35 heavy (non-hydrogen) atoms. The van der Waals surface area contributed by atoms with E-state index < -0.39 is 0 Å². The number of nitrogens with one attached hydrogen (secondary N) is 2. The fourth-order valence-corrected chi connectivity index (χ4v) is 5.49. The second-order valence-corrected chi connectivity index (χ2v) is 10.5. The number of fused-ring (bicyclic) bond motifs is 2. The van der Waals surface area contributed by atoms with Crippen molar-refractivity contribution < 1.29 is 9.90 Å². The minimum Gasteiger partial charge on any atom is -0.390 e. The zero-order chi connectivity index (χ0) is 23.8. The van der Waals surface area contributed by atoms with Gasteiger partial charge in [-0.25, -0.2) is 0 Å². The number of aliphatic hydroxyl groups is 1. The summed E-state index contributed by atoms with van der Waals surface area (Å²) in [6.07, 6.45) is 8.84. The van der Waals surface area contributed by atoms with E-state index in [4.69, 9.17) is 0 Å². The predicted molar refractivity (Wildman–Crippen MR) is 136 cm³/mol. The maximum atomic E-state index is 12.9. The first-order valence-corrected chi connectivity index (χ1v) is 12.9. The SMILES string of the molecule is O=C(NCc1cc2cc(CNCC3CCC3)ccc2c(CO)n1)c1cncc(N2CC3CC3C2)c1. The van der Waals surface area contributed by atoms with Gasteiger partial charge in [-0.3, -0.25) is 14.8 Å². The van der Waals surface area contributed by atoms with Crippen LogP contribution >= 0.6 is 0 Å². The molecule has 3 fully saturated rings. The highest BCUT2D eigenvalue weighted by Gasteiger charge is 2.45. The van der Waals surface area contributed by atoms with Crippen molar-refractivity contribution in [1.29, 1.82) is 0 Å². The molecule has 3 aromatic rings. The highest BCUT2D eigenvalue weighted by atomic mass is 16.3.